The molecule has 0 unspecified atom stereocenters. The van der Waals surface area contributed by atoms with Gasteiger partial charge in [-0.1, -0.05) is 259 Å². The van der Waals surface area contributed by atoms with Gasteiger partial charge in [0, 0.05) is 31.0 Å². The highest BCUT2D eigenvalue weighted by atomic mass is 32.2. The first-order valence-electron chi connectivity index (χ1n) is 24.9. The van der Waals surface area contributed by atoms with Crippen molar-refractivity contribution in [1.29, 1.82) is 0 Å². The number of rotatable bonds is 6. The molecule has 0 saturated carbocycles. The monoisotopic (exact) mass is 965 g/mol. The molecule has 3 heterocycles. The smallest absolute Gasteiger partial charge is 0.247 e. The maximum atomic E-state index is 2.63. The maximum absolute atomic E-state index is 3.03. The second-order valence-electron chi connectivity index (χ2n) is 19.4. The van der Waals surface area contributed by atoms with Crippen LogP contribution in [0.2, 0.25) is 0 Å². The molecule has 0 aromatic heterocycles. The Morgan fingerprint density at radius 2 is 0.889 bits per heavy atom. The van der Waals surface area contributed by atoms with Crippen molar-refractivity contribution in [1.82, 2.24) is 0 Å². The van der Waals surface area contributed by atoms with E-state index in [9.17, 15) is 0 Å². The number of benzene rings is 11. The van der Waals surface area contributed by atoms with Crippen molar-refractivity contribution in [2.75, 3.05) is 4.90 Å². The molecular formula is C67H44BNS2Si. The summed E-state index contributed by atoms with van der Waals surface area (Å²) in [6.07, 6.45) is 0. The van der Waals surface area contributed by atoms with Crippen LogP contribution in [0, 0.1) is 0 Å². The van der Waals surface area contributed by atoms with Crippen molar-refractivity contribution in [2.24, 2.45) is 0 Å². The molecule has 0 atom stereocenters. The molecule has 0 radical (unpaired) electrons. The van der Waals surface area contributed by atoms with Crippen LogP contribution in [0.25, 0.3) is 22.3 Å². The highest BCUT2D eigenvalue weighted by Gasteiger charge is 2.51. The molecule has 0 spiro atoms. The summed E-state index contributed by atoms with van der Waals surface area (Å²) in [5, 5.41) is 5.53. The Hall–Kier alpha value is -7.80. The van der Waals surface area contributed by atoms with E-state index >= 15 is 0 Å². The van der Waals surface area contributed by atoms with Crippen molar-refractivity contribution < 1.29 is 0 Å². The van der Waals surface area contributed by atoms with Gasteiger partial charge >= 0.3 is 0 Å². The van der Waals surface area contributed by atoms with Gasteiger partial charge in [0.2, 0.25) is 6.71 Å². The molecule has 15 rings (SSSR count). The van der Waals surface area contributed by atoms with E-state index in [4.69, 9.17) is 0 Å². The van der Waals surface area contributed by atoms with Crippen LogP contribution in [-0.2, 0) is 5.41 Å². The highest BCUT2D eigenvalue weighted by Crippen LogP contribution is 2.57. The molecule has 0 N–H and O–H groups in total. The lowest BCUT2D eigenvalue weighted by Crippen LogP contribution is -2.77. The van der Waals surface area contributed by atoms with Gasteiger partial charge < -0.3 is 4.90 Å². The first kappa shape index (κ1) is 41.9. The van der Waals surface area contributed by atoms with Gasteiger partial charge in [-0.05, 0) is 113 Å². The molecule has 0 saturated heterocycles. The minimum Gasteiger partial charge on any atom is -0.310 e. The molecular weight excluding hydrogens is 922 g/mol. The maximum Gasteiger partial charge on any atom is 0.247 e. The summed E-state index contributed by atoms with van der Waals surface area (Å²) in [5.41, 5.74) is 17.6. The van der Waals surface area contributed by atoms with Crippen LogP contribution in [0.3, 0.4) is 0 Å². The molecule has 336 valence electrons. The van der Waals surface area contributed by atoms with Gasteiger partial charge in [-0.2, -0.15) is 0 Å². The molecule has 0 bridgehead atoms. The summed E-state index contributed by atoms with van der Waals surface area (Å²) in [4.78, 5) is 8.01. The zero-order valence-electron chi connectivity index (χ0n) is 39.2. The molecule has 72 heavy (non-hydrogen) atoms. The predicted octanol–water partition coefficient (Wildman–Crippen LogP) is 12.3. The third-order valence-corrected chi connectivity index (χ3v) is 23.2. The Balaban J connectivity index is 1.00. The average Bonchev–Trinajstić information content (AvgIpc) is 3.76. The lowest BCUT2D eigenvalue weighted by molar-refractivity contribution is 0.769. The predicted molar refractivity (Wildman–Crippen MR) is 307 cm³/mol. The number of hydrogen-bond donors (Lipinski definition) is 0. The number of fused-ring (bicyclic) bond motifs is 9. The van der Waals surface area contributed by atoms with Gasteiger partial charge in [0.1, 0.15) is 0 Å². The van der Waals surface area contributed by atoms with E-state index in [2.05, 4.69) is 272 Å². The number of nitrogens with zero attached hydrogens (tertiary/aromatic N) is 1. The number of para-hydroxylation sites is 1. The molecule has 5 heteroatoms. The molecule has 0 fully saturated rings. The van der Waals surface area contributed by atoms with E-state index in [0.29, 0.717) is 0 Å². The van der Waals surface area contributed by atoms with E-state index in [-0.39, 0.29) is 6.71 Å². The van der Waals surface area contributed by atoms with Gasteiger partial charge in [0.05, 0.1) is 11.1 Å². The average molecular weight is 966 g/mol. The van der Waals surface area contributed by atoms with Gasteiger partial charge in [-0.3, -0.25) is 0 Å². The van der Waals surface area contributed by atoms with E-state index in [1.54, 1.807) is 0 Å². The summed E-state index contributed by atoms with van der Waals surface area (Å²) >= 11 is 3.86. The molecule has 3 aliphatic heterocycles. The van der Waals surface area contributed by atoms with Crippen LogP contribution < -0.4 is 42.0 Å². The molecule has 0 amide bonds. The topological polar surface area (TPSA) is 3.24 Å². The van der Waals surface area contributed by atoms with E-state index < -0.39 is 13.5 Å². The van der Waals surface area contributed by atoms with Gasteiger partial charge in [0.15, 0.2) is 8.07 Å². The molecule has 4 aliphatic rings. The second-order valence-corrected chi connectivity index (χ2v) is 25.3. The van der Waals surface area contributed by atoms with Crippen LogP contribution in [-0.4, -0.2) is 14.8 Å². The molecule has 11 aromatic carbocycles. The van der Waals surface area contributed by atoms with Crippen LogP contribution >= 0.6 is 23.5 Å². The fourth-order valence-electron chi connectivity index (χ4n) is 13.1. The van der Waals surface area contributed by atoms with Crippen LogP contribution in [0.5, 0.6) is 0 Å². The lowest BCUT2D eigenvalue weighted by atomic mass is 9.36. The van der Waals surface area contributed by atoms with Crippen LogP contribution in [0.4, 0.5) is 17.1 Å². The first-order valence-corrected chi connectivity index (χ1v) is 28.6. The lowest BCUT2D eigenvalue weighted by Gasteiger charge is -2.46. The molecule has 1 nitrogen and oxygen atoms in total. The van der Waals surface area contributed by atoms with E-state index in [1.807, 2.05) is 23.5 Å². The number of anilines is 3. The van der Waals surface area contributed by atoms with Gasteiger partial charge in [-0.15, -0.1) is 0 Å². The zero-order chi connectivity index (χ0) is 47.4. The number of hydrogen-bond acceptors (Lipinski definition) is 3. The first-order chi connectivity index (χ1) is 35.7. The normalized spacial score (nSPS) is 14.7. The fraction of sp³-hybridized carbons (Fsp3) is 0.0149. The third kappa shape index (κ3) is 5.87. The van der Waals surface area contributed by atoms with Gasteiger partial charge in [-0.25, -0.2) is 0 Å². The van der Waals surface area contributed by atoms with Crippen molar-refractivity contribution in [2.45, 2.75) is 25.0 Å². The van der Waals surface area contributed by atoms with E-state index in [0.717, 1.165) is 0 Å². The standard InChI is InChI=1S/C67H44BNS2Si/c1-5-21-47(22-6-1)67(48-23-7-2-8-24-48)53-30-14-13-29-51(53)52-41-39-45(43-54(52)67)46-40-42-58-64(44-46)72(49-25-9-3-10-26-49,50-27-11-4-12-28-50)63-38-18-16-33-57(63)69(58)59-34-19-32-56-66(59)71-62-37-20-36-61-65(62)68(56)55-31-15-17-35-60(55)70-61/h1-44H. The molecule has 1 aliphatic carbocycles. The Morgan fingerprint density at radius 3 is 1.64 bits per heavy atom. The Morgan fingerprint density at radius 1 is 0.361 bits per heavy atom. The molecule has 11 aromatic rings. The fourth-order valence-corrected chi connectivity index (χ4v) is 20.7. The minimum atomic E-state index is -3.03. The summed E-state index contributed by atoms with van der Waals surface area (Å²) in [6.45, 7) is 0.152. The van der Waals surface area contributed by atoms with Crippen LogP contribution in [0.15, 0.2) is 287 Å². The second kappa shape index (κ2) is 16.4. The quantitative estimate of drug-likeness (QED) is 0.153. The van der Waals surface area contributed by atoms with Crippen molar-refractivity contribution in [3.63, 3.8) is 0 Å². The Bertz CT molecular complexity index is 3880. The zero-order valence-corrected chi connectivity index (χ0v) is 41.9. The van der Waals surface area contributed by atoms with Crippen LogP contribution in [0.1, 0.15) is 22.3 Å². The largest absolute Gasteiger partial charge is 0.310 e. The highest BCUT2D eigenvalue weighted by molar-refractivity contribution is 8.01. The van der Waals surface area contributed by atoms with Crippen molar-refractivity contribution in [3.8, 4) is 22.3 Å². The summed E-state index contributed by atoms with van der Waals surface area (Å²) in [5.74, 6) is 0. The van der Waals surface area contributed by atoms with Gasteiger partial charge in [0.25, 0.3) is 0 Å². The Kier molecular flexibility index (Phi) is 9.54. The van der Waals surface area contributed by atoms with Crippen molar-refractivity contribution in [3.05, 3.63) is 289 Å². The SMILES string of the molecule is c1ccc(C2(c3ccccc3)c3ccccc3-c3ccc(-c4ccc5c(c4)[Si](c4ccccc4)(c4ccccc4)c4ccccc4N5c4cccc5c4Sc4cccc6c4B5c4ccccc4S6)cc32)cc1. The summed E-state index contributed by atoms with van der Waals surface area (Å²) in [6, 6.07) is 101. The summed E-state index contributed by atoms with van der Waals surface area (Å²) < 4.78 is 0. The summed E-state index contributed by atoms with van der Waals surface area (Å²) in [7, 11) is -3.03. The Labute approximate surface area is 431 Å². The van der Waals surface area contributed by atoms with E-state index in [1.165, 1.54) is 118 Å². The van der Waals surface area contributed by atoms with Crippen molar-refractivity contribution >= 4 is 92.5 Å². The minimum absolute atomic E-state index is 0.152. The third-order valence-electron chi connectivity index (χ3n) is 15.9.